The minimum atomic E-state index is 0.382. The number of hydrogen-bond donors (Lipinski definition) is 1. The number of aromatic nitrogens is 3. The van der Waals surface area contributed by atoms with Gasteiger partial charge in [0.25, 0.3) is 0 Å². The van der Waals surface area contributed by atoms with Crippen molar-refractivity contribution in [1.29, 1.82) is 0 Å². The molecule has 0 radical (unpaired) electrons. The van der Waals surface area contributed by atoms with Crippen LogP contribution in [0.4, 0.5) is 11.5 Å². The molecule has 0 bridgehead atoms. The van der Waals surface area contributed by atoms with Crippen LogP contribution in [0.1, 0.15) is 17.0 Å². The quantitative estimate of drug-likeness (QED) is 0.384. The number of ether oxygens (including phenoxy) is 3. The largest absolute Gasteiger partial charge is 0.398 e. The van der Waals surface area contributed by atoms with E-state index in [4.69, 9.17) is 29.9 Å². The van der Waals surface area contributed by atoms with Crippen molar-refractivity contribution in [3.8, 4) is 0 Å². The number of imidazole rings is 1. The highest BCUT2D eigenvalue weighted by Gasteiger charge is 2.20. The van der Waals surface area contributed by atoms with Crippen LogP contribution in [-0.2, 0) is 27.9 Å². The van der Waals surface area contributed by atoms with Gasteiger partial charge in [0, 0.05) is 45.2 Å². The highest BCUT2D eigenvalue weighted by atomic mass is 16.5. The fraction of sp³-hybridized carbons (Fsp3) is 0.400. The number of pyridine rings is 1. The lowest BCUT2D eigenvalue weighted by molar-refractivity contribution is 0.0578. The summed E-state index contributed by atoms with van der Waals surface area (Å²) in [6.45, 7) is 6.41. The highest BCUT2D eigenvalue weighted by Crippen LogP contribution is 2.30. The van der Waals surface area contributed by atoms with Gasteiger partial charge in [0.1, 0.15) is 17.9 Å². The molecule has 1 aliphatic heterocycles. The molecule has 0 unspecified atom stereocenters. The topological polar surface area (TPSA) is 100 Å². The Hall–Kier alpha value is -3.27. The molecule has 0 saturated carbocycles. The Labute approximate surface area is 199 Å². The Bertz CT molecular complexity index is 1180. The Balaban J connectivity index is 1.65. The first-order valence-electron chi connectivity index (χ1n) is 11.4. The van der Waals surface area contributed by atoms with Crippen molar-refractivity contribution in [2.75, 3.05) is 51.5 Å². The van der Waals surface area contributed by atoms with E-state index in [1.807, 2.05) is 48.9 Å². The lowest BCUT2D eigenvalue weighted by atomic mass is 10.1. The predicted octanol–water partition coefficient (Wildman–Crippen LogP) is 2.98. The van der Waals surface area contributed by atoms with E-state index in [0.717, 1.165) is 46.9 Å². The maximum absolute atomic E-state index is 6.25. The molecule has 1 saturated heterocycles. The van der Waals surface area contributed by atoms with Gasteiger partial charge in [0.2, 0.25) is 0 Å². The van der Waals surface area contributed by atoms with Crippen molar-refractivity contribution in [2.24, 2.45) is 17.8 Å². The molecule has 0 atom stereocenters. The van der Waals surface area contributed by atoms with E-state index in [-0.39, 0.29) is 0 Å². The summed E-state index contributed by atoms with van der Waals surface area (Å²) in [6, 6.07) is 10.0. The van der Waals surface area contributed by atoms with Crippen LogP contribution in [0.5, 0.6) is 0 Å². The van der Waals surface area contributed by atoms with Crippen molar-refractivity contribution >= 4 is 34.6 Å². The Morgan fingerprint density at radius 3 is 2.79 bits per heavy atom. The number of fused-ring (bicyclic) bond motifs is 1. The Kier molecular flexibility index (Phi) is 7.89. The summed E-state index contributed by atoms with van der Waals surface area (Å²) < 4.78 is 18.3. The monoisotopic (exact) mass is 464 g/mol. The van der Waals surface area contributed by atoms with Gasteiger partial charge in [-0.15, -0.1) is 0 Å². The van der Waals surface area contributed by atoms with Crippen molar-refractivity contribution in [1.82, 2.24) is 14.5 Å². The lowest BCUT2D eigenvalue weighted by Crippen LogP contribution is -2.36. The number of hydrogen-bond acceptors (Lipinski definition) is 8. The van der Waals surface area contributed by atoms with E-state index in [1.54, 1.807) is 19.4 Å². The van der Waals surface area contributed by atoms with Crippen molar-refractivity contribution in [3.63, 3.8) is 0 Å². The Morgan fingerprint density at radius 1 is 1.21 bits per heavy atom. The van der Waals surface area contributed by atoms with Gasteiger partial charge in [-0.2, -0.15) is 0 Å². The van der Waals surface area contributed by atoms with Crippen molar-refractivity contribution < 1.29 is 14.2 Å². The van der Waals surface area contributed by atoms with Crippen LogP contribution >= 0.6 is 0 Å². The first-order valence-corrected chi connectivity index (χ1v) is 11.4. The van der Waals surface area contributed by atoms with Gasteiger partial charge in [-0.05, 0) is 24.6 Å². The molecule has 3 aromatic rings. The molecule has 9 nitrogen and oxygen atoms in total. The smallest absolute Gasteiger partial charge is 0.164 e. The zero-order valence-electron chi connectivity index (χ0n) is 20.0. The zero-order valence-corrected chi connectivity index (χ0v) is 20.0. The van der Waals surface area contributed by atoms with E-state index in [1.165, 1.54) is 0 Å². The molecule has 2 N–H and O–H groups in total. The third kappa shape index (κ3) is 5.61. The third-order valence-corrected chi connectivity index (χ3v) is 5.71. The molecule has 0 amide bonds. The first-order chi connectivity index (χ1) is 16.6. The van der Waals surface area contributed by atoms with Gasteiger partial charge in [-0.3, -0.25) is 0 Å². The lowest BCUT2D eigenvalue weighted by Gasteiger charge is -2.29. The molecule has 9 heteroatoms. The molecular formula is C25H32N6O3. The maximum atomic E-state index is 6.25. The van der Waals surface area contributed by atoms with Gasteiger partial charge in [-0.25, -0.2) is 15.0 Å². The summed E-state index contributed by atoms with van der Waals surface area (Å²) in [5, 5.41) is 0. The number of benzene rings is 1. The number of nitrogens with zero attached hydrogens (tertiary/aromatic N) is 5. The average molecular weight is 465 g/mol. The fourth-order valence-corrected chi connectivity index (χ4v) is 3.83. The molecular weight excluding hydrogens is 432 g/mol. The maximum Gasteiger partial charge on any atom is 0.164 e. The predicted molar refractivity (Wildman–Crippen MR) is 135 cm³/mol. The number of morpholine rings is 1. The summed E-state index contributed by atoms with van der Waals surface area (Å²) in [7, 11) is 3.60. The standard InChI is InChI=1S/C25H32N6O3/c1-18-5-4-6-19(15-18)20(26)7-8-27-22-16-21(31-9-11-33-12-10-31)24-25(28-22)30(2)23(29-24)17-34-14-13-32-3/h4-8,15-16H,9-14,17,26H2,1-3H3/b20-7-,27-8?. The van der Waals surface area contributed by atoms with Crippen LogP contribution < -0.4 is 10.6 Å². The molecule has 2 aromatic heterocycles. The van der Waals surface area contributed by atoms with Crippen LogP contribution in [-0.4, -0.2) is 67.4 Å². The highest BCUT2D eigenvalue weighted by molar-refractivity contribution is 5.90. The van der Waals surface area contributed by atoms with Crippen LogP contribution in [0.2, 0.25) is 0 Å². The Morgan fingerprint density at radius 2 is 2.03 bits per heavy atom. The summed E-state index contributed by atoms with van der Waals surface area (Å²) in [6.07, 6.45) is 3.49. The van der Waals surface area contributed by atoms with E-state index in [9.17, 15) is 0 Å². The molecule has 3 heterocycles. The van der Waals surface area contributed by atoms with Crippen LogP contribution in [0.25, 0.3) is 16.9 Å². The number of aliphatic imine (C=N–C) groups is 1. The molecule has 4 rings (SSSR count). The van der Waals surface area contributed by atoms with Crippen molar-refractivity contribution in [3.05, 3.63) is 53.4 Å². The summed E-state index contributed by atoms with van der Waals surface area (Å²) in [5.41, 5.74) is 11.6. The molecule has 0 aliphatic carbocycles. The van der Waals surface area contributed by atoms with Crippen molar-refractivity contribution in [2.45, 2.75) is 13.5 Å². The van der Waals surface area contributed by atoms with Gasteiger partial charge in [0.15, 0.2) is 11.5 Å². The van der Waals surface area contributed by atoms with Gasteiger partial charge < -0.3 is 29.4 Å². The number of methoxy groups -OCH3 is 1. The van der Waals surface area contributed by atoms with Gasteiger partial charge in [0.05, 0.1) is 32.1 Å². The average Bonchev–Trinajstić information content (AvgIpc) is 3.17. The fourth-order valence-electron chi connectivity index (χ4n) is 3.83. The van der Waals surface area contributed by atoms with E-state index in [2.05, 4.69) is 9.89 Å². The molecule has 1 aromatic carbocycles. The minimum Gasteiger partial charge on any atom is -0.398 e. The molecule has 34 heavy (non-hydrogen) atoms. The summed E-state index contributed by atoms with van der Waals surface area (Å²) in [4.78, 5) is 16.5. The third-order valence-electron chi connectivity index (χ3n) is 5.71. The van der Waals surface area contributed by atoms with Gasteiger partial charge in [-0.1, -0.05) is 23.8 Å². The number of allylic oxidation sites excluding steroid dienone is 1. The molecule has 1 aliphatic rings. The van der Waals surface area contributed by atoms with Crippen LogP contribution in [0.15, 0.2) is 41.4 Å². The second-order valence-corrected chi connectivity index (χ2v) is 8.17. The second-order valence-electron chi connectivity index (χ2n) is 8.17. The number of rotatable bonds is 9. The number of anilines is 1. The van der Waals surface area contributed by atoms with Gasteiger partial charge >= 0.3 is 0 Å². The normalized spacial score (nSPS) is 15.0. The van der Waals surface area contributed by atoms with Crippen LogP contribution in [0, 0.1) is 6.92 Å². The second kappa shape index (κ2) is 11.2. The van der Waals surface area contributed by atoms with Crippen LogP contribution in [0.3, 0.4) is 0 Å². The summed E-state index contributed by atoms with van der Waals surface area (Å²) in [5.74, 6) is 1.40. The SMILES string of the molecule is COCCOCc1nc2c(N3CCOCC3)cc(N=C/C=C(\N)c3cccc(C)c3)nc2n1C. The molecule has 180 valence electrons. The number of nitrogens with two attached hydrogens (primary N) is 1. The minimum absolute atomic E-state index is 0.382. The van der Waals surface area contributed by atoms with E-state index < -0.39 is 0 Å². The molecule has 1 fully saturated rings. The van der Waals surface area contributed by atoms with E-state index >= 15 is 0 Å². The first kappa shape index (κ1) is 23.9. The zero-order chi connectivity index (χ0) is 23.9. The molecule has 0 spiro atoms. The van der Waals surface area contributed by atoms with E-state index in [0.29, 0.717) is 44.5 Å². The summed E-state index contributed by atoms with van der Waals surface area (Å²) >= 11 is 0. The number of aryl methyl sites for hydroxylation is 2.